The summed E-state index contributed by atoms with van der Waals surface area (Å²) in [7, 11) is 0. The Labute approximate surface area is 98.4 Å². The van der Waals surface area contributed by atoms with E-state index in [1.807, 2.05) is 0 Å². The van der Waals surface area contributed by atoms with Crippen molar-refractivity contribution in [2.75, 3.05) is 19.7 Å². The Morgan fingerprint density at radius 3 is 2.88 bits per heavy atom. The van der Waals surface area contributed by atoms with Crippen molar-refractivity contribution in [3.8, 4) is 5.75 Å². The molecule has 1 atom stereocenters. The molecule has 94 valence electrons. The molecule has 4 N–H and O–H groups in total. The van der Waals surface area contributed by atoms with Crippen molar-refractivity contribution < 1.29 is 19.0 Å². The van der Waals surface area contributed by atoms with Crippen LogP contribution in [0, 0.1) is 5.82 Å². The molecular weight excluding hydrogens is 227 g/mol. The van der Waals surface area contributed by atoms with Gasteiger partial charge < -0.3 is 20.9 Å². The highest BCUT2D eigenvalue weighted by atomic mass is 19.1. The highest BCUT2D eigenvalue weighted by Gasteiger charge is 2.07. The van der Waals surface area contributed by atoms with Crippen LogP contribution in [0.25, 0.3) is 0 Å². The number of nitrogens with one attached hydrogen (secondary N) is 1. The Bertz CT molecular complexity index is 373. The number of carbonyl (C=O) groups excluding carboxylic acids is 1. The Balaban J connectivity index is 2.26. The molecule has 1 aromatic carbocycles. The normalized spacial score (nSPS) is 12.1. The van der Waals surface area contributed by atoms with Crippen LogP contribution in [-0.4, -0.2) is 36.8 Å². The maximum Gasteiger partial charge on any atom is 0.231 e. The number of nitrogens with two attached hydrogens (primary N) is 1. The molecular formula is C11H15FN2O3. The second kappa shape index (κ2) is 6.82. The molecule has 1 rings (SSSR count). The smallest absolute Gasteiger partial charge is 0.231 e. The molecule has 0 aliphatic rings. The molecule has 0 saturated heterocycles. The average molecular weight is 242 g/mol. The quantitative estimate of drug-likeness (QED) is 0.609. The first-order valence-electron chi connectivity index (χ1n) is 5.14. The molecule has 17 heavy (non-hydrogen) atoms. The highest BCUT2D eigenvalue weighted by Crippen LogP contribution is 2.15. The summed E-state index contributed by atoms with van der Waals surface area (Å²) in [5.41, 5.74) is 4.90. The number of halogens is 1. The number of hydrogen-bond acceptors (Lipinski definition) is 4. The van der Waals surface area contributed by atoms with E-state index in [4.69, 9.17) is 10.5 Å². The van der Waals surface area contributed by atoms with Crippen LogP contribution in [0.15, 0.2) is 24.3 Å². The fraction of sp³-hybridized carbons (Fsp3) is 0.364. The summed E-state index contributed by atoms with van der Waals surface area (Å²) in [5.74, 6) is -0.904. The molecule has 0 heterocycles. The summed E-state index contributed by atoms with van der Waals surface area (Å²) in [4.78, 5) is 10.4. The number of carbonyl (C=O) groups is 1. The first-order chi connectivity index (χ1) is 8.09. The van der Waals surface area contributed by atoms with Crippen LogP contribution in [0.4, 0.5) is 4.39 Å². The second-order valence-corrected chi connectivity index (χ2v) is 3.49. The number of rotatable bonds is 7. The van der Waals surface area contributed by atoms with Crippen molar-refractivity contribution in [2.24, 2.45) is 5.73 Å². The summed E-state index contributed by atoms with van der Waals surface area (Å²) in [6.07, 6.45) is -0.839. The third-order valence-corrected chi connectivity index (χ3v) is 1.95. The fourth-order valence-corrected chi connectivity index (χ4v) is 1.17. The number of hydrogen-bond donors (Lipinski definition) is 3. The highest BCUT2D eigenvalue weighted by molar-refractivity contribution is 5.75. The molecule has 0 aliphatic heterocycles. The van der Waals surface area contributed by atoms with E-state index in [9.17, 15) is 14.3 Å². The van der Waals surface area contributed by atoms with E-state index >= 15 is 0 Å². The molecule has 0 fully saturated rings. The monoisotopic (exact) mass is 242 g/mol. The largest absolute Gasteiger partial charge is 0.488 e. The topological polar surface area (TPSA) is 84.6 Å². The molecule has 1 unspecified atom stereocenters. The molecule has 0 spiro atoms. The number of aliphatic hydroxyl groups is 1. The van der Waals surface area contributed by atoms with E-state index in [1.165, 1.54) is 12.1 Å². The van der Waals surface area contributed by atoms with Crippen LogP contribution in [0.2, 0.25) is 0 Å². The maximum atomic E-state index is 13.1. The lowest BCUT2D eigenvalue weighted by atomic mass is 10.3. The summed E-state index contributed by atoms with van der Waals surface area (Å²) in [5, 5.41) is 12.1. The number of aliphatic hydroxyl groups excluding tert-OH is 1. The summed E-state index contributed by atoms with van der Waals surface area (Å²) >= 11 is 0. The van der Waals surface area contributed by atoms with Crippen LogP contribution < -0.4 is 15.8 Å². The van der Waals surface area contributed by atoms with Crippen LogP contribution in [0.3, 0.4) is 0 Å². The number of para-hydroxylation sites is 1. The van der Waals surface area contributed by atoms with Crippen molar-refractivity contribution >= 4 is 5.91 Å². The van der Waals surface area contributed by atoms with E-state index in [0.717, 1.165) is 0 Å². The molecule has 0 aliphatic carbocycles. The standard InChI is InChI=1S/C11H15FN2O3/c12-9-3-1-2-4-10(9)17-7-8(15)5-14-6-11(13)16/h1-4,8,14-15H,5-7H2,(H2,13,16). The van der Waals surface area contributed by atoms with Gasteiger partial charge in [0.2, 0.25) is 5.91 Å². The van der Waals surface area contributed by atoms with Crippen molar-refractivity contribution in [2.45, 2.75) is 6.10 Å². The van der Waals surface area contributed by atoms with E-state index in [-0.39, 0.29) is 25.4 Å². The number of amides is 1. The van der Waals surface area contributed by atoms with Crippen LogP contribution in [0.5, 0.6) is 5.75 Å². The molecule has 1 aromatic rings. The molecule has 6 heteroatoms. The maximum absolute atomic E-state index is 13.1. The minimum Gasteiger partial charge on any atom is -0.488 e. The lowest BCUT2D eigenvalue weighted by Crippen LogP contribution is -2.36. The van der Waals surface area contributed by atoms with Crippen LogP contribution >= 0.6 is 0 Å². The van der Waals surface area contributed by atoms with Gasteiger partial charge in [-0.1, -0.05) is 12.1 Å². The summed E-state index contributed by atoms with van der Waals surface area (Å²) in [6.45, 7) is 0.0703. The van der Waals surface area contributed by atoms with E-state index < -0.39 is 17.8 Å². The number of primary amides is 1. The van der Waals surface area contributed by atoms with Crippen LogP contribution in [0.1, 0.15) is 0 Å². The van der Waals surface area contributed by atoms with Gasteiger partial charge in [0.15, 0.2) is 11.6 Å². The van der Waals surface area contributed by atoms with Crippen LogP contribution in [-0.2, 0) is 4.79 Å². The Morgan fingerprint density at radius 1 is 1.53 bits per heavy atom. The Hall–Kier alpha value is -1.66. The van der Waals surface area contributed by atoms with Crippen molar-refractivity contribution in [1.82, 2.24) is 5.32 Å². The molecule has 1 amide bonds. The fourth-order valence-electron chi connectivity index (χ4n) is 1.17. The predicted octanol–water partition coefficient (Wildman–Crippen LogP) is -0.360. The summed E-state index contributed by atoms with van der Waals surface area (Å²) in [6, 6.07) is 5.93. The second-order valence-electron chi connectivity index (χ2n) is 3.49. The molecule has 5 nitrogen and oxygen atoms in total. The average Bonchev–Trinajstić information content (AvgIpc) is 2.27. The van der Waals surface area contributed by atoms with E-state index in [2.05, 4.69) is 5.32 Å². The third-order valence-electron chi connectivity index (χ3n) is 1.95. The number of ether oxygens (including phenoxy) is 1. The lowest BCUT2D eigenvalue weighted by Gasteiger charge is -2.12. The minimum atomic E-state index is -0.839. The molecule has 0 aromatic heterocycles. The zero-order valence-corrected chi connectivity index (χ0v) is 9.23. The van der Waals surface area contributed by atoms with Gasteiger partial charge in [-0.15, -0.1) is 0 Å². The zero-order valence-electron chi connectivity index (χ0n) is 9.23. The lowest BCUT2D eigenvalue weighted by molar-refractivity contribution is -0.117. The van der Waals surface area contributed by atoms with E-state index in [0.29, 0.717) is 0 Å². The Morgan fingerprint density at radius 2 is 2.24 bits per heavy atom. The van der Waals surface area contributed by atoms with Gasteiger partial charge in [-0.2, -0.15) is 0 Å². The van der Waals surface area contributed by atoms with Crippen molar-refractivity contribution in [3.05, 3.63) is 30.1 Å². The SMILES string of the molecule is NC(=O)CNCC(O)COc1ccccc1F. The van der Waals surface area contributed by atoms with Gasteiger partial charge in [0.1, 0.15) is 12.7 Å². The van der Waals surface area contributed by atoms with Gasteiger partial charge in [0.05, 0.1) is 6.54 Å². The first-order valence-corrected chi connectivity index (χ1v) is 5.14. The first kappa shape index (κ1) is 13.4. The van der Waals surface area contributed by atoms with Gasteiger partial charge in [-0.05, 0) is 12.1 Å². The van der Waals surface area contributed by atoms with Gasteiger partial charge in [0, 0.05) is 6.54 Å². The summed E-state index contributed by atoms with van der Waals surface area (Å²) < 4.78 is 18.2. The Kier molecular flexibility index (Phi) is 5.38. The van der Waals surface area contributed by atoms with Gasteiger partial charge in [-0.25, -0.2) is 4.39 Å². The van der Waals surface area contributed by atoms with Gasteiger partial charge in [-0.3, -0.25) is 4.79 Å². The third kappa shape index (κ3) is 5.28. The molecule has 0 radical (unpaired) electrons. The predicted molar refractivity (Wildman–Crippen MR) is 60.0 cm³/mol. The van der Waals surface area contributed by atoms with Crippen molar-refractivity contribution in [1.29, 1.82) is 0 Å². The van der Waals surface area contributed by atoms with Gasteiger partial charge >= 0.3 is 0 Å². The number of benzene rings is 1. The molecule has 0 bridgehead atoms. The van der Waals surface area contributed by atoms with Crippen molar-refractivity contribution in [3.63, 3.8) is 0 Å². The molecule has 0 saturated carbocycles. The van der Waals surface area contributed by atoms with E-state index in [1.54, 1.807) is 12.1 Å². The zero-order chi connectivity index (χ0) is 12.7. The van der Waals surface area contributed by atoms with Gasteiger partial charge in [0.25, 0.3) is 0 Å². The minimum absolute atomic E-state index is 0.0171.